The summed E-state index contributed by atoms with van der Waals surface area (Å²) in [6, 6.07) is 16.4. The number of fused-ring (bicyclic) bond motifs is 1. The maximum atomic E-state index is 14.0. The third kappa shape index (κ3) is 4.18. The second kappa shape index (κ2) is 8.17. The van der Waals surface area contributed by atoms with Crippen LogP contribution in [0, 0.1) is 5.82 Å². The van der Waals surface area contributed by atoms with Gasteiger partial charge in [-0.25, -0.2) is 4.39 Å². The first-order valence-corrected chi connectivity index (χ1v) is 9.86. The van der Waals surface area contributed by atoms with E-state index in [1.807, 2.05) is 36.4 Å². The van der Waals surface area contributed by atoms with Crippen molar-refractivity contribution in [3.63, 3.8) is 0 Å². The van der Waals surface area contributed by atoms with Gasteiger partial charge >= 0.3 is 0 Å². The number of nitrogens with zero attached hydrogens (tertiary/aromatic N) is 1. The van der Waals surface area contributed by atoms with E-state index in [-0.39, 0.29) is 17.8 Å². The Morgan fingerprint density at radius 2 is 1.93 bits per heavy atom. The maximum Gasteiger partial charge on any atom is 0.261 e. The van der Waals surface area contributed by atoms with Crippen LogP contribution in [0.4, 0.5) is 4.39 Å². The second-order valence-electron chi connectivity index (χ2n) is 6.61. The van der Waals surface area contributed by atoms with Crippen LogP contribution in [0.3, 0.4) is 0 Å². The normalized spacial score (nSPS) is 16.3. The minimum Gasteiger partial charge on any atom is -0.379 e. The SMILES string of the molecule is O=C(NC(CN1CCOCC1)c1ccccc1)c1cc2c(F)cccc2s1. The molecular weight excluding hydrogens is 363 g/mol. The van der Waals surface area contributed by atoms with Crippen LogP contribution < -0.4 is 5.32 Å². The highest BCUT2D eigenvalue weighted by atomic mass is 32.1. The number of rotatable bonds is 5. The molecular formula is C21H21FN2O2S. The van der Waals surface area contributed by atoms with Gasteiger partial charge in [0.25, 0.3) is 5.91 Å². The number of nitrogens with one attached hydrogen (secondary N) is 1. The fourth-order valence-electron chi connectivity index (χ4n) is 3.33. The second-order valence-corrected chi connectivity index (χ2v) is 7.70. The van der Waals surface area contributed by atoms with E-state index < -0.39 is 0 Å². The van der Waals surface area contributed by atoms with Crippen LogP contribution >= 0.6 is 11.3 Å². The van der Waals surface area contributed by atoms with Crippen LogP contribution in [-0.4, -0.2) is 43.7 Å². The minimum atomic E-state index is -0.296. The molecule has 1 unspecified atom stereocenters. The average molecular weight is 384 g/mol. The predicted octanol–water partition coefficient (Wildman–Crippen LogP) is 3.84. The first-order chi connectivity index (χ1) is 13.2. The van der Waals surface area contributed by atoms with Gasteiger partial charge in [0.2, 0.25) is 0 Å². The maximum absolute atomic E-state index is 14.0. The zero-order valence-corrected chi connectivity index (χ0v) is 15.7. The number of ether oxygens (including phenoxy) is 1. The van der Waals surface area contributed by atoms with Crippen molar-refractivity contribution in [2.45, 2.75) is 6.04 Å². The van der Waals surface area contributed by atoms with Gasteiger partial charge in [0, 0.05) is 29.7 Å². The summed E-state index contributed by atoms with van der Waals surface area (Å²) < 4.78 is 20.2. The van der Waals surface area contributed by atoms with E-state index in [1.54, 1.807) is 12.1 Å². The van der Waals surface area contributed by atoms with Crippen LogP contribution in [-0.2, 0) is 4.74 Å². The Morgan fingerprint density at radius 1 is 1.15 bits per heavy atom. The van der Waals surface area contributed by atoms with E-state index in [4.69, 9.17) is 4.74 Å². The predicted molar refractivity (Wildman–Crippen MR) is 106 cm³/mol. The van der Waals surface area contributed by atoms with Gasteiger partial charge < -0.3 is 10.1 Å². The molecule has 6 heteroatoms. The first-order valence-electron chi connectivity index (χ1n) is 9.05. The lowest BCUT2D eigenvalue weighted by Gasteiger charge is -2.31. The third-order valence-electron chi connectivity index (χ3n) is 4.78. The number of morpholine rings is 1. The summed E-state index contributed by atoms with van der Waals surface area (Å²) in [6.07, 6.45) is 0. The lowest BCUT2D eigenvalue weighted by Crippen LogP contribution is -2.43. The van der Waals surface area contributed by atoms with Gasteiger partial charge in [0.1, 0.15) is 5.82 Å². The number of carbonyl (C=O) groups excluding carboxylic acids is 1. The Bertz CT molecular complexity index is 922. The number of hydrogen-bond acceptors (Lipinski definition) is 4. The highest BCUT2D eigenvalue weighted by Gasteiger charge is 2.22. The monoisotopic (exact) mass is 384 g/mol. The Morgan fingerprint density at radius 3 is 2.67 bits per heavy atom. The van der Waals surface area contributed by atoms with E-state index in [9.17, 15) is 9.18 Å². The summed E-state index contributed by atoms with van der Waals surface area (Å²) in [5, 5.41) is 3.64. The zero-order chi connectivity index (χ0) is 18.6. The van der Waals surface area contributed by atoms with Gasteiger partial charge in [-0.1, -0.05) is 36.4 Å². The number of amides is 1. The first kappa shape index (κ1) is 18.1. The van der Waals surface area contributed by atoms with Crippen LogP contribution in [0.15, 0.2) is 54.6 Å². The highest BCUT2D eigenvalue weighted by molar-refractivity contribution is 7.20. The summed E-state index contributed by atoms with van der Waals surface area (Å²) in [4.78, 5) is 15.7. The van der Waals surface area contributed by atoms with Gasteiger partial charge in [0.15, 0.2) is 0 Å². The molecule has 0 saturated carbocycles. The summed E-state index contributed by atoms with van der Waals surface area (Å²) in [6.45, 7) is 3.86. The topological polar surface area (TPSA) is 41.6 Å². The molecule has 27 heavy (non-hydrogen) atoms. The molecule has 0 aliphatic carbocycles. The number of hydrogen-bond donors (Lipinski definition) is 1. The van der Waals surface area contributed by atoms with Crippen LogP contribution in [0.2, 0.25) is 0 Å². The van der Waals surface area contributed by atoms with Gasteiger partial charge in [-0.05, 0) is 23.8 Å². The van der Waals surface area contributed by atoms with Gasteiger partial charge in [-0.15, -0.1) is 11.3 Å². The molecule has 1 amide bonds. The Labute approximate surface area is 161 Å². The highest BCUT2D eigenvalue weighted by Crippen LogP contribution is 2.28. The van der Waals surface area contributed by atoms with Crippen LogP contribution in [0.5, 0.6) is 0 Å². The fourth-order valence-corrected chi connectivity index (χ4v) is 4.31. The molecule has 2 heterocycles. The van der Waals surface area contributed by atoms with Gasteiger partial charge in [-0.3, -0.25) is 9.69 Å². The van der Waals surface area contributed by atoms with E-state index >= 15 is 0 Å². The van der Waals surface area contributed by atoms with E-state index in [2.05, 4.69) is 10.2 Å². The zero-order valence-electron chi connectivity index (χ0n) is 14.9. The molecule has 1 atom stereocenters. The molecule has 2 aromatic carbocycles. The molecule has 140 valence electrons. The number of halogens is 1. The Hall–Kier alpha value is -2.28. The molecule has 4 nitrogen and oxygen atoms in total. The molecule has 3 aromatic rings. The standard InChI is InChI=1S/C21H21FN2O2S/c22-17-7-4-8-19-16(17)13-20(27-19)21(25)23-18(15-5-2-1-3-6-15)14-24-9-11-26-12-10-24/h1-8,13,18H,9-12,14H2,(H,23,25). The van der Waals surface area contributed by atoms with Crippen molar-refractivity contribution in [3.8, 4) is 0 Å². The van der Waals surface area contributed by atoms with Crippen LogP contribution in [0.1, 0.15) is 21.3 Å². The van der Waals surface area contributed by atoms with Gasteiger partial charge in [0.05, 0.1) is 24.1 Å². The molecule has 1 N–H and O–H groups in total. The van der Waals surface area contributed by atoms with Crippen molar-refractivity contribution >= 4 is 27.3 Å². The largest absolute Gasteiger partial charge is 0.379 e. The lowest BCUT2D eigenvalue weighted by atomic mass is 10.1. The summed E-state index contributed by atoms with van der Waals surface area (Å²) in [7, 11) is 0. The van der Waals surface area contributed by atoms with Crippen molar-refractivity contribution in [1.29, 1.82) is 0 Å². The van der Waals surface area contributed by atoms with Crippen LogP contribution in [0.25, 0.3) is 10.1 Å². The smallest absolute Gasteiger partial charge is 0.261 e. The molecule has 1 aliphatic heterocycles. The number of carbonyl (C=O) groups is 1. The van der Waals surface area contributed by atoms with E-state index in [0.717, 1.165) is 29.9 Å². The van der Waals surface area contributed by atoms with E-state index in [0.29, 0.717) is 23.5 Å². The van der Waals surface area contributed by atoms with Crippen molar-refractivity contribution in [2.24, 2.45) is 0 Å². The van der Waals surface area contributed by atoms with Crippen molar-refractivity contribution in [3.05, 3.63) is 70.9 Å². The fraction of sp³-hybridized carbons (Fsp3) is 0.286. The average Bonchev–Trinajstić information content (AvgIpc) is 3.15. The third-order valence-corrected chi connectivity index (χ3v) is 5.88. The molecule has 0 radical (unpaired) electrons. The summed E-state index contributed by atoms with van der Waals surface area (Å²) in [5.74, 6) is -0.464. The Balaban J connectivity index is 1.55. The quantitative estimate of drug-likeness (QED) is 0.727. The van der Waals surface area contributed by atoms with Crippen molar-refractivity contribution in [1.82, 2.24) is 10.2 Å². The Kier molecular flexibility index (Phi) is 5.48. The van der Waals surface area contributed by atoms with E-state index in [1.165, 1.54) is 17.4 Å². The molecule has 1 aliphatic rings. The molecule has 1 fully saturated rings. The summed E-state index contributed by atoms with van der Waals surface area (Å²) >= 11 is 1.32. The molecule has 0 spiro atoms. The number of benzene rings is 2. The molecule has 0 bridgehead atoms. The lowest BCUT2D eigenvalue weighted by molar-refractivity contribution is 0.0332. The molecule has 1 saturated heterocycles. The van der Waals surface area contributed by atoms with Crippen molar-refractivity contribution < 1.29 is 13.9 Å². The minimum absolute atomic E-state index is 0.133. The van der Waals surface area contributed by atoms with Gasteiger partial charge in [-0.2, -0.15) is 0 Å². The number of thiophene rings is 1. The molecule has 4 rings (SSSR count). The summed E-state index contributed by atoms with van der Waals surface area (Å²) in [5.41, 5.74) is 1.06. The van der Waals surface area contributed by atoms with Crippen molar-refractivity contribution in [2.75, 3.05) is 32.8 Å². The molecule has 1 aromatic heterocycles.